The quantitative estimate of drug-likeness (QED) is 0.839. The Morgan fingerprint density at radius 3 is 2.42 bits per heavy atom. The Balaban J connectivity index is 2.50. The topological polar surface area (TPSA) is 52.8 Å². The van der Waals surface area contributed by atoms with Crippen molar-refractivity contribution < 1.29 is 0 Å². The number of benzene rings is 1. The molecule has 0 amide bonds. The predicted octanol–water partition coefficient (Wildman–Crippen LogP) is 2.86. The Morgan fingerprint density at radius 1 is 1.16 bits per heavy atom. The molecule has 0 aliphatic rings. The van der Waals surface area contributed by atoms with Gasteiger partial charge in [-0.1, -0.05) is 30.3 Å². The number of rotatable bonds is 4. The zero-order chi connectivity index (χ0) is 13.7. The average molecular weight is 252 g/mol. The fourth-order valence-corrected chi connectivity index (χ4v) is 1.94. The molecule has 0 spiro atoms. The van der Waals surface area contributed by atoms with Crippen LogP contribution in [0.25, 0.3) is 11.4 Å². The van der Waals surface area contributed by atoms with Crippen LogP contribution in [-0.2, 0) is 0 Å². The standard InChI is InChI=1S/C15H16N4/c1-3-19(4-2)15-13(10-16)11-17-14(18-15)12-8-6-5-7-9-12/h5-9,11H,3-4H2,1-2H3. The van der Waals surface area contributed by atoms with Gasteiger partial charge in [0.1, 0.15) is 11.6 Å². The number of aromatic nitrogens is 2. The van der Waals surface area contributed by atoms with Crippen molar-refractivity contribution in [2.75, 3.05) is 18.0 Å². The highest BCUT2D eigenvalue weighted by molar-refractivity contribution is 5.61. The van der Waals surface area contributed by atoms with Crippen molar-refractivity contribution in [1.29, 1.82) is 5.26 Å². The molecule has 0 radical (unpaired) electrons. The lowest BCUT2D eigenvalue weighted by Gasteiger charge is -2.21. The number of hydrogen-bond donors (Lipinski definition) is 0. The van der Waals surface area contributed by atoms with Crippen LogP contribution in [0.1, 0.15) is 19.4 Å². The smallest absolute Gasteiger partial charge is 0.161 e. The monoisotopic (exact) mass is 252 g/mol. The molecule has 0 saturated heterocycles. The van der Waals surface area contributed by atoms with Gasteiger partial charge in [-0.15, -0.1) is 0 Å². The SMILES string of the molecule is CCN(CC)c1nc(-c2ccccc2)ncc1C#N. The maximum atomic E-state index is 9.16. The van der Waals surface area contributed by atoms with Crippen LogP contribution in [-0.4, -0.2) is 23.1 Å². The molecule has 4 heteroatoms. The molecule has 4 nitrogen and oxygen atoms in total. The van der Waals surface area contributed by atoms with Gasteiger partial charge in [-0.3, -0.25) is 0 Å². The van der Waals surface area contributed by atoms with Crippen LogP contribution in [0, 0.1) is 11.3 Å². The Kier molecular flexibility index (Phi) is 4.09. The van der Waals surface area contributed by atoms with Gasteiger partial charge < -0.3 is 4.90 Å². The van der Waals surface area contributed by atoms with E-state index in [2.05, 4.69) is 34.8 Å². The van der Waals surface area contributed by atoms with Gasteiger partial charge in [-0.25, -0.2) is 9.97 Å². The van der Waals surface area contributed by atoms with E-state index in [1.165, 1.54) is 0 Å². The van der Waals surface area contributed by atoms with Gasteiger partial charge in [0.15, 0.2) is 11.6 Å². The number of nitrogens with zero attached hydrogens (tertiary/aromatic N) is 4. The maximum Gasteiger partial charge on any atom is 0.161 e. The van der Waals surface area contributed by atoms with Gasteiger partial charge >= 0.3 is 0 Å². The summed E-state index contributed by atoms with van der Waals surface area (Å²) in [7, 11) is 0. The van der Waals surface area contributed by atoms with Crippen LogP contribution < -0.4 is 4.90 Å². The molecule has 0 N–H and O–H groups in total. The number of anilines is 1. The van der Waals surface area contributed by atoms with E-state index in [-0.39, 0.29) is 0 Å². The summed E-state index contributed by atoms with van der Waals surface area (Å²) in [5.74, 6) is 1.36. The Bertz CT molecular complexity index is 583. The zero-order valence-corrected chi connectivity index (χ0v) is 11.2. The van der Waals surface area contributed by atoms with E-state index in [4.69, 9.17) is 5.26 Å². The molecule has 0 saturated carbocycles. The second-order valence-corrected chi connectivity index (χ2v) is 4.08. The van der Waals surface area contributed by atoms with Gasteiger partial charge in [0, 0.05) is 18.7 Å². The summed E-state index contributed by atoms with van der Waals surface area (Å²) in [5.41, 5.74) is 1.48. The summed E-state index contributed by atoms with van der Waals surface area (Å²) >= 11 is 0. The molecule has 1 aromatic carbocycles. The minimum atomic E-state index is 0.517. The van der Waals surface area contributed by atoms with Gasteiger partial charge in [0.05, 0.1) is 6.20 Å². The Morgan fingerprint density at radius 2 is 1.84 bits per heavy atom. The molecule has 0 aliphatic carbocycles. The summed E-state index contributed by atoms with van der Waals surface area (Å²) in [6.45, 7) is 5.73. The van der Waals surface area contributed by atoms with Crippen LogP contribution >= 0.6 is 0 Å². The van der Waals surface area contributed by atoms with Gasteiger partial charge in [0.25, 0.3) is 0 Å². The van der Waals surface area contributed by atoms with E-state index in [0.29, 0.717) is 17.2 Å². The molecule has 1 aromatic heterocycles. The van der Waals surface area contributed by atoms with Gasteiger partial charge in [-0.2, -0.15) is 5.26 Å². The average Bonchev–Trinajstić information content (AvgIpc) is 2.49. The molecule has 0 bridgehead atoms. The minimum Gasteiger partial charge on any atom is -0.356 e. The van der Waals surface area contributed by atoms with E-state index < -0.39 is 0 Å². The van der Waals surface area contributed by atoms with Crippen molar-refractivity contribution in [1.82, 2.24) is 9.97 Å². The van der Waals surface area contributed by atoms with Crippen molar-refractivity contribution in [2.24, 2.45) is 0 Å². The first-order valence-electron chi connectivity index (χ1n) is 6.37. The van der Waals surface area contributed by atoms with E-state index in [1.54, 1.807) is 6.20 Å². The molecule has 0 fully saturated rings. The van der Waals surface area contributed by atoms with E-state index in [1.807, 2.05) is 30.3 Å². The highest BCUT2D eigenvalue weighted by Gasteiger charge is 2.12. The van der Waals surface area contributed by atoms with Crippen molar-refractivity contribution in [3.8, 4) is 17.5 Å². The summed E-state index contributed by atoms with van der Waals surface area (Å²) in [6.07, 6.45) is 1.60. The van der Waals surface area contributed by atoms with Crippen molar-refractivity contribution in [3.05, 3.63) is 42.1 Å². The second kappa shape index (κ2) is 5.96. The van der Waals surface area contributed by atoms with E-state index >= 15 is 0 Å². The van der Waals surface area contributed by atoms with Crippen LogP contribution in [0.3, 0.4) is 0 Å². The molecule has 0 unspecified atom stereocenters. The molecule has 1 heterocycles. The van der Waals surface area contributed by atoms with Crippen LogP contribution in [0.15, 0.2) is 36.5 Å². The molecule has 0 atom stereocenters. The molecular weight excluding hydrogens is 236 g/mol. The molecule has 19 heavy (non-hydrogen) atoms. The third-order valence-corrected chi connectivity index (χ3v) is 2.98. The molecular formula is C15H16N4. The normalized spacial score (nSPS) is 9.95. The molecule has 2 aromatic rings. The lowest BCUT2D eigenvalue weighted by Crippen LogP contribution is -2.24. The highest BCUT2D eigenvalue weighted by atomic mass is 15.2. The largest absolute Gasteiger partial charge is 0.356 e. The fraction of sp³-hybridized carbons (Fsp3) is 0.267. The zero-order valence-electron chi connectivity index (χ0n) is 11.2. The van der Waals surface area contributed by atoms with Crippen molar-refractivity contribution >= 4 is 5.82 Å². The number of hydrogen-bond acceptors (Lipinski definition) is 4. The lowest BCUT2D eigenvalue weighted by atomic mass is 10.2. The summed E-state index contributed by atoms with van der Waals surface area (Å²) in [4.78, 5) is 10.9. The Hall–Kier alpha value is -2.41. The van der Waals surface area contributed by atoms with Crippen molar-refractivity contribution in [2.45, 2.75) is 13.8 Å². The van der Waals surface area contributed by atoms with Crippen LogP contribution in [0.2, 0.25) is 0 Å². The van der Waals surface area contributed by atoms with E-state index in [0.717, 1.165) is 18.7 Å². The molecule has 2 rings (SSSR count). The van der Waals surface area contributed by atoms with Crippen LogP contribution in [0.4, 0.5) is 5.82 Å². The van der Waals surface area contributed by atoms with Gasteiger partial charge in [0.2, 0.25) is 0 Å². The Labute approximate surface area is 113 Å². The minimum absolute atomic E-state index is 0.517. The highest BCUT2D eigenvalue weighted by Crippen LogP contribution is 2.21. The summed E-state index contributed by atoms with van der Waals surface area (Å²) < 4.78 is 0. The first kappa shape index (κ1) is 13.0. The number of nitriles is 1. The van der Waals surface area contributed by atoms with Crippen molar-refractivity contribution in [3.63, 3.8) is 0 Å². The third kappa shape index (κ3) is 2.71. The predicted molar refractivity (Wildman–Crippen MR) is 75.7 cm³/mol. The molecule has 96 valence electrons. The summed E-state index contributed by atoms with van der Waals surface area (Å²) in [6, 6.07) is 11.9. The second-order valence-electron chi connectivity index (χ2n) is 4.08. The first-order valence-corrected chi connectivity index (χ1v) is 6.37. The maximum absolute atomic E-state index is 9.16. The van der Waals surface area contributed by atoms with E-state index in [9.17, 15) is 0 Å². The van der Waals surface area contributed by atoms with Crippen LogP contribution in [0.5, 0.6) is 0 Å². The lowest BCUT2D eigenvalue weighted by molar-refractivity contribution is 0.840. The van der Waals surface area contributed by atoms with Gasteiger partial charge in [-0.05, 0) is 13.8 Å². The summed E-state index contributed by atoms with van der Waals surface area (Å²) in [5, 5.41) is 9.16. The fourth-order valence-electron chi connectivity index (χ4n) is 1.94. The molecule has 0 aliphatic heterocycles. The third-order valence-electron chi connectivity index (χ3n) is 2.98. The first-order chi connectivity index (χ1) is 9.30.